The highest BCUT2D eigenvalue weighted by Crippen LogP contribution is 2.57. The van der Waals surface area contributed by atoms with Crippen molar-refractivity contribution in [2.24, 2.45) is 17.3 Å². The van der Waals surface area contributed by atoms with Crippen molar-refractivity contribution in [3.05, 3.63) is 35.9 Å². The standard InChI is InChI=1S/C21H31N3O/c25-20(23-10-13-24-11-8-22-9-12-24)21(15-17-4-2-1-3-5-17)16-18-6-7-19(21)14-18/h1-5,18-19,22H,6-16H2,(H,23,25). The number of piperazine rings is 1. The topological polar surface area (TPSA) is 44.4 Å². The zero-order valence-electron chi connectivity index (χ0n) is 15.2. The molecule has 3 atom stereocenters. The second kappa shape index (κ2) is 7.46. The van der Waals surface area contributed by atoms with E-state index in [2.05, 4.69) is 45.9 Å². The Morgan fingerprint density at radius 2 is 2.00 bits per heavy atom. The minimum Gasteiger partial charge on any atom is -0.354 e. The molecular formula is C21H31N3O. The lowest BCUT2D eigenvalue weighted by Gasteiger charge is -2.37. The number of nitrogens with zero attached hydrogens (tertiary/aromatic N) is 1. The normalized spacial score (nSPS) is 32.0. The Morgan fingerprint density at radius 3 is 2.68 bits per heavy atom. The molecule has 0 radical (unpaired) electrons. The summed E-state index contributed by atoms with van der Waals surface area (Å²) in [5.74, 6) is 1.67. The number of rotatable bonds is 6. The van der Waals surface area contributed by atoms with Gasteiger partial charge in [0, 0.05) is 39.3 Å². The summed E-state index contributed by atoms with van der Waals surface area (Å²) in [6.07, 6.45) is 5.83. The highest BCUT2D eigenvalue weighted by atomic mass is 16.2. The summed E-state index contributed by atoms with van der Waals surface area (Å²) in [5, 5.41) is 6.70. The lowest BCUT2D eigenvalue weighted by atomic mass is 9.68. The van der Waals surface area contributed by atoms with Gasteiger partial charge in [-0.15, -0.1) is 0 Å². The van der Waals surface area contributed by atoms with Gasteiger partial charge in [0.1, 0.15) is 0 Å². The molecule has 3 aliphatic rings. The van der Waals surface area contributed by atoms with E-state index in [9.17, 15) is 4.79 Å². The maximum absolute atomic E-state index is 13.3. The van der Waals surface area contributed by atoms with E-state index < -0.39 is 0 Å². The predicted octanol–water partition coefficient (Wildman–Crippen LogP) is 2.06. The molecular weight excluding hydrogens is 310 g/mol. The van der Waals surface area contributed by atoms with Crippen molar-refractivity contribution in [1.29, 1.82) is 0 Å². The van der Waals surface area contributed by atoms with E-state index in [0.717, 1.165) is 58.0 Å². The van der Waals surface area contributed by atoms with Crippen molar-refractivity contribution in [2.75, 3.05) is 39.3 Å². The van der Waals surface area contributed by atoms with Crippen molar-refractivity contribution in [3.8, 4) is 0 Å². The number of amides is 1. The van der Waals surface area contributed by atoms with Crippen LogP contribution in [0.4, 0.5) is 0 Å². The van der Waals surface area contributed by atoms with Crippen molar-refractivity contribution in [3.63, 3.8) is 0 Å². The molecule has 1 aromatic rings. The Bertz CT molecular complexity index is 584. The van der Waals surface area contributed by atoms with Crippen molar-refractivity contribution in [1.82, 2.24) is 15.5 Å². The third kappa shape index (κ3) is 3.61. The third-order valence-electron chi connectivity index (χ3n) is 6.71. The van der Waals surface area contributed by atoms with Gasteiger partial charge in [0.05, 0.1) is 5.41 Å². The van der Waals surface area contributed by atoms with Crippen LogP contribution < -0.4 is 10.6 Å². The molecule has 1 aromatic carbocycles. The summed E-state index contributed by atoms with van der Waals surface area (Å²) in [6, 6.07) is 10.6. The van der Waals surface area contributed by atoms with E-state index in [4.69, 9.17) is 0 Å². The van der Waals surface area contributed by atoms with Gasteiger partial charge in [0.2, 0.25) is 5.91 Å². The van der Waals surface area contributed by atoms with E-state index >= 15 is 0 Å². The maximum atomic E-state index is 13.3. The monoisotopic (exact) mass is 341 g/mol. The van der Waals surface area contributed by atoms with Gasteiger partial charge < -0.3 is 10.6 Å². The fourth-order valence-corrected chi connectivity index (χ4v) is 5.42. The smallest absolute Gasteiger partial charge is 0.226 e. The van der Waals surface area contributed by atoms with Gasteiger partial charge >= 0.3 is 0 Å². The van der Waals surface area contributed by atoms with Gasteiger partial charge in [0.15, 0.2) is 0 Å². The summed E-state index contributed by atoms with van der Waals surface area (Å²) >= 11 is 0. The number of carbonyl (C=O) groups is 1. The lowest BCUT2D eigenvalue weighted by Crippen LogP contribution is -2.50. The third-order valence-corrected chi connectivity index (χ3v) is 6.71. The molecule has 0 spiro atoms. The van der Waals surface area contributed by atoms with Crippen molar-refractivity contribution >= 4 is 5.91 Å². The van der Waals surface area contributed by atoms with E-state index in [0.29, 0.717) is 11.8 Å². The summed E-state index contributed by atoms with van der Waals surface area (Å²) in [7, 11) is 0. The summed E-state index contributed by atoms with van der Waals surface area (Å²) in [4.78, 5) is 15.7. The Kier molecular flexibility index (Phi) is 5.09. The van der Waals surface area contributed by atoms with Gasteiger partial charge in [-0.1, -0.05) is 36.8 Å². The zero-order valence-corrected chi connectivity index (χ0v) is 15.2. The van der Waals surface area contributed by atoms with Crippen molar-refractivity contribution < 1.29 is 4.79 Å². The van der Waals surface area contributed by atoms with Gasteiger partial charge in [-0.2, -0.15) is 0 Å². The Balaban J connectivity index is 1.40. The first-order valence-corrected chi connectivity index (χ1v) is 10.0. The Hall–Kier alpha value is -1.39. The largest absolute Gasteiger partial charge is 0.354 e. The summed E-state index contributed by atoms with van der Waals surface area (Å²) in [5.41, 5.74) is 1.15. The first kappa shape index (κ1) is 17.0. The quantitative estimate of drug-likeness (QED) is 0.832. The fourth-order valence-electron chi connectivity index (χ4n) is 5.42. The van der Waals surface area contributed by atoms with Crippen LogP contribution in [0.5, 0.6) is 0 Å². The van der Waals surface area contributed by atoms with Gasteiger partial charge in [-0.3, -0.25) is 9.69 Å². The highest BCUT2D eigenvalue weighted by Gasteiger charge is 2.55. The van der Waals surface area contributed by atoms with E-state index in [1.54, 1.807) is 0 Å². The lowest BCUT2D eigenvalue weighted by molar-refractivity contribution is -0.134. The molecule has 3 unspecified atom stereocenters. The molecule has 136 valence electrons. The molecule has 1 heterocycles. The van der Waals surface area contributed by atoms with Crippen LogP contribution >= 0.6 is 0 Å². The summed E-state index contributed by atoms with van der Waals surface area (Å²) < 4.78 is 0. The molecule has 2 N–H and O–H groups in total. The van der Waals surface area contributed by atoms with Crippen LogP contribution in [0.25, 0.3) is 0 Å². The number of carbonyl (C=O) groups excluding carboxylic acids is 1. The van der Waals surface area contributed by atoms with E-state index in [1.807, 2.05) is 0 Å². The SMILES string of the molecule is O=C(NCCN1CCNCC1)C1(Cc2ccccc2)CC2CCC1C2. The van der Waals surface area contributed by atoms with Crippen LogP contribution in [0.1, 0.15) is 31.2 Å². The molecule has 2 aliphatic carbocycles. The average molecular weight is 341 g/mol. The molecule has 4 heteroatoms. The van der Waals surface area contributed by atoms with Crippen molar-refractivity contribution in [2.45, 2.75) is 32.1 Å². The molecule has 25 heavy (non-hydrogen) atoms. The second-order valence-corrected chi connectivity index (χ2v) is 8.25. The number of hydrogen-bond donors (Lipinski definition) is 2. The molecule has 1 amide bonds. The van der Waals surface area contributed by atoms with Crippen LogP contribution in [-0.4, -0.2) is 50.1 Å². The van der Waals surface area contributed by atoms with Crippen LogP contribution in [0.2, 0.25) is 0 Å². The zero-order chi connectivity index (χ0) is 17.1. The number of nitrogens with one attached hydrogen (secondary N) is 2. The molecule has 4 rings (SSSR count). The molecule has 4 nitrogen and oxygen atoms in total. The number of benzene rings is 1. The van der Waals surface area contributed by atoms with Gasteiger partial charge in [-0.05, 0) is 43.1 Å². The fraction of sp³-hybridized carbons (Fsp3) is 0.667. The Morgan fingerprint density at radius 1 is 1.20 bits per heavy atom. The Labute approximate surface area is 151 Å². The predicted molar refractivity (Wildman–Crippen MR) is 100 cm³/mol. The number of fused-ring (bicyclic) bond motifs is 2. The average Bonchev–Trinajstić information content (AvgIpc) is 3.25. The van der Waals surface area contributed by atoms with Gasteiger partial charge in [0.25, 0.3) is 0 Å². The van der Waals surface area contributed by atoms with E-state index in [1.165, 1.54) is 24.8 Å². The summed E-state index contributed by atoms with van der Waals surface area (Å²) in [6.45, 7) is 6.08. The van der Waals surface area contributed by atoms with Crippen LogP contribution in [0.15, 0.2) is 30.3 Å². The minimum absolute atomic E-state index is 0.159. The number of hydrogen-bond acceptors (Lipinski definition) is 3. The molecule has 2 saturated carbocycles. The second-order valence-electron chi connectivity index (χ2n) is 8.25. The van der Waals surface area contributed by atoms with Crippen LogP contribution in [0.3, 0.4) is 0 Å². The van der Waals surface area contributed by atoms with Gasteiger partial charge in [-0.25, -0.2) is 0 Å². The molecule has 1 saturated heterocycles. The maximum Gasteiger partial charge on any atom is 0.226 e. The van der Waals surface area contributed by atoms with Crippen LogP contribution in [0, 0.1) is 17.3 Å². The molecule has 2 bridgehead atoms. The van der Waals surface area contributed by atoms with Crippen LogP contribution in [-0.2, 0) is 11.2 Å². The highest BCUT2D eigenvalue weighted by molar-refractivity contribution is 5.84. The first-order chi connectivity index (χ1) is 12.3. The first-order valence-electron chi connectivity index (χ1n) is 10.0. The molecule has 1 aliphatic heterocycles. The molecule has 0 aromatic heterocycles. The molecule has 3 fully saturated rings. The minimum atomic E-state index is -0.159. The van der Waals surface area contributed by atoms with E-state index in [-0.39, 0.29) is 5.41 Å².